The first-order chi connectivity index (χ1) is 9.51. The maximum atomic E-state index is 13.2. The molecule has 0 aliphatic rings. The van der Waals surface area contributed by atoms with Crippen molar-refractivity contribution in [3.05, 3.63) is 53.6 Å². The third kappa shape index (κ3) is 3.26. The zero-order valence-corrected chi connectivity index (χ0v) is 12.2. The Bertz CT molecular complexity index is 639. The number of hydrogen-bond acceptors (Lipinski definition) is 3. The summed E-state index contributed by atoms with van der Waals surface area (Å²) in [5, 5.41) is 2.95. The minimum atomic E-state index is -0.648. The topological polar surface area (TPSA) is 38.0 Å². The molecule has 0 unspecified atom stereocenters. The van der Waals surface area contributed by atoms with Crippen LogP contribution in [0.3, 0.4) is 0 Å². The number of nitrogens with one attached hydrogen (secondary N) is 1. The molecule has 0 aliphatic carbocycles. The van der Waals surface area contributed by atoms with Gasteiger partial charge in [0.05, 0.1) is 0 Å². The Hall–Kier alpha value is -1.66. The van der Waals surface area contributed by atoms with Crippen LogP contribution in [0.15, 0.2) is 41.3 Å². The van der Waals surface area contributed by atoms with Crippen molar-refractivity contribution in [1.29, 1.82) is 0 Å². The molecule has 104 valence electrons. The van der Waals surface area contributed by atoms with E-state index in [2.05, 4.69) is 5.32 Å². The van der Waals surface area contributed by atoms with E-state index in [4.69, 9.17) is 18.0 Å². The lowest BCUT2D eigenvalue weighted by molar-refractivity contribution is 0.584. The molecule has 2 aromatic carbocycles. The van der Waals surface area contributed by atoms with Crippen LogP contribution in [-0.2, 0) is 0 Å². The monoisotopic (exact) mass is 310 g/mol. The molecule has 6 heteroatoms. The van der Waals surface area contributed by atoms with Gasteiger partial charge in [0.25, 0.3) is 0 Å². The highest BCUT2D eigenvalue weighted by molar-refractivity contribution is 7.98. The molecule has 2 nitrogen and oxygen atoms in total. The standard InChI is InChI=1S/C14H12F2N2S2/c1-20-12-4-2-3-11(13(12)14(17)19)18-10-6-8(15)5-9(16)7-10/h2-7,18H,1H3,(H2,17,19). The summed E-state index contributed by atoms with van der Waals surface area (Å²) in [5.41, 5.74) is 7.32. The molecule has 0 saturated carbocycles. The first kappa shape index (κ1) is 14.7. The lowest BCUT2D eigenvalue weighted by Crippen LogP contribution is -2.13. The maximum absolute atomic E-state index is 13.2. The summed E-state index contributed by atoms with van der Waals surface area (Å²) in [7, 11) is 0. The van der Waals surface area contributed by atoms with Gasteiger partial charge in [0.1, 0.15) is 16.6 Å². The van der Waals surface area contributed by atoms with Crippen molar-refractivity contribution in [2.75, 3.05) is 11.6 Å². The number of rotatable bonds is 4. The van der Waals surface area contributed by atoms with E-state index < -0.39 is 11.6 Å². The minimum Gasteiger partial charge on any atom is -0.389 e. The summed E-state index contributed by atoms with van der Waals surface area (Å²) >= 11 is 6.55. The normalized spacial score (nSPS) is 10.3. The summed E-state index contributed by atoms with van der Waals surface area (Å²) in [5.74, 6) is -1.30. The Kier molecular flexibility index (Phi) is 4.57. The molecule has 0 fully saturated rings. The van der Waals surface area contributed by atoms with Gasteiger partial charge in [-0.05, 0) is 30.5 Å². The number of hydrogen-bond donors (Lipinski definition) is 2. The Morgan fingerprint density at radius 3 is 2.40 bits per heavy atom. The molecule has 2 aromatic rings. The maximum Gasteiger partial charge on any atom is 0.128 e. The van der Waals surface area contributed by atoms with Gasteiger partial charge in [-0.15, -0.1) is 11.8 Å². The van der Waals surface area contributed by atoms with Crippen LogP contribution >= 0.6 is 24.0 Å². The molecule has 0 bridgehead atoms. The van der Waals surface area contributed by atoms with E-state index in [0.29, 0.717) is 16.9 Å². The average Bonchev–Trinajstić information content (AvgIpc) is 2.36. The zero-order chi connectivity index (χ0) is 14.7. The predicted molar refractivity (Wildman–Crippen MR) is 83.8 cm³/mol. The van der Waals surface area contributed by atoms with Gasteiger partial charge in [-0.1, -0.05) is 18.3 Å². The summed E-state index contributed by atoms with van der Waals surface area (Å²) < 4.78 is 26.4. The molecule has 0 aliphatic heterocycles. The van der Waals surface area contributed by atoms with E-state index in [1.165, 1.54) is 23.9 Å². The van der Waals surface area contributed by atoms with Crippen molar-refractivity contribution in [3.8, 4) is 0 Å². The van der Waals surface area contributed by atoms with E-state index in [1.807, 2.05) is 18.4 Å². The second-order valence-corrected chi connectivity index (χ2v) is 5.32. The van der Waals surface area contributed by atoms with Crippen LogP contribution < -0.4 is 11.1 Å². The van der Waals surface area contributed by atoms with Crippen LogP contribution in [-0.4, -0.2) is 11.2 Å². The van der Waals surface area contributed by atoms with Crippen molar-refractivity contribution in [2.45, 2.75) is 4.90 Å². The largest absolute Gasteiger partial charge is 0.389 e. The van der Waals surface area contributed by atoms with Gasteiger partial charge in [-0.2, -0.15) is 0 Å². The van der Waals surface area contributed by atoms with Gasteiger partial charge in [-0.3, -0.25) is 0 Å². The van der Waals surface area contributed by atoms with Crippen LogP contribution in [0.2, 0.25) is 0 Å². The van der Waals surface area contributed by atoms with Gasteiger partial charge in [0, 0.05) is 27.9 Å². The molecule has 0 saturated heterocycles. The molecule has 0 aromatic heterocycles. The van der Waals surface area contributed by atoms with Gasteiger partial charge < -0.3 is 11.1 Å². The molecule has 2 rings (SSSR count). The second kappa shape index (κ2) is 6.19. The molecule has 0 spiro atoms. The quantitative estimate of drug-likeness (QED) is 0.659. The van der Waals surface area contributed by atoms with Crippen molar-refractivity contribution < 1.29 is 8.78 Å². The Labute approximate surface area is 125 Å². The minimum absolute atomic E-state index is 0.231. The molecule has 3 N–H and O–H groups in total. The zero-order valence-electron chi connectivity index (χ0n) is 10.6. The fraction of sp³-hybridized carbons (Fsp3) is 0.0714. The second-order valence-electron chi connectivity index (χ2n) is 4.03. The molecule has 20 heavy (non-hydrogen) atoms. The third-order valence-electron chi connectivity index (χ3n) is 2.63. The highest BCUT2D eigenvalue weighted by Crippen LogP contribution is 2.29. The van der Waals surface area contributed by atoms with E-state index in [-0.39, 0.29) is 4.99 Å². The van der Waals surface area contributed by atoms with Gasteiger partial charge in [-0.25, -0.2) is 8.78 Å². The lowest BCUT2D eigenvalue weighted by Gasteiger charge is -2.14. The van der Waals surface area contributed by atoms with Crippen LogP contribution in [0.25, 0.3) is 0 Å². The van der Waals surface area contributed by atoms with Crippen LogP contribution in [0.4, 0.5) is 20.2 Å². The molecular weight excluding hydrogens is 298 g/mol. The fourth-order valence-electron chi connectivity index (χ4n) is 1.84. The van der Waals surface area contributed by atoms with E-state index in [9.17, 15) is 8.78 Å². The summed E-state index contributed by atoms with van der Waals surface area (Å²) in [6.45, 7) is 0. The molecule has 0 heterocycles. The van der Waals surface area contributed by atoms with Crippen molar-refractivity contribution >= 4 is 40.3 Å². The number of thiocarbonyl (C=S) groups is 1. The number of benzene rings is 2. The van der Waals surface area contributed by atoms with Gasteiger partial charge >= 0.3 is 0 Å². The van der Waals surface area contributed by atoms with Gasteiger partial charge in [0.2, 0.25) is 0 Å². The van der Waals surface area contributed by atoms with Crippen LogP contribution in [0.1, 0.15) is 5.56 Å². The van der Waals surface area contributed by atoms with Crippen molar-refractivity contribution in [1.82, 2.24) is 0 Å². The summed E-state index contributed by atoms with van der Waals surface area (Å²) in [6.07, 6.45) is 1.91. The SMILES string of the molecule is CSc1cccc(Nc2cc(F)cc(F)c2)c1C(N)=S. The van der Waals surface area contributed by atoms with E-state index >= 15 is 0 Å². The van der Waals surface area contributed by atoms with Crippen molar-refractivity contribution in [2.24, 2.45) is 5.73 Å². The molecular formula is C14H12F2N2S2. The number of thioether (sulfide) groups is 1. The average molecular weight is 310 g/mol. The first-order valence-electron chi connectivity index (χ1n) is 5.71. The lowest BCUT2D eigenvalue weighted by atomic mass is 10.1. The van der Waals surface area contributed by atoms with E-state index in [1.54, 1.807) is 6.07 Å². The highest BCUT2D eigenvalue weighted by Gasteiger charge is 2.11. The smallest absolute Gasteiger partial charge is 0.128 e. The Morgan fingerprint density at radius 1 is 1.20 bits per heavy atom. The number of nitrogens with two attached hydrogens (primary N) is 1. The number of anilines is 2. The highest BCUT2D eigenvalue weighted by atomic mass is 32.2. The van der Waals surface area contributed by atoms with Crippen LogP contribution in [0.5, 0.6) is 0 Å². The Balaban J connectivity index is 2.45. The Morgan fingerprint density at radius 2 is 1.85 bits per heavy atom. The molecule has 0 amide bonds. The van der Waals surface area contributed by atoms with Gasteiger partial charge in [0.15, 0.2) is 0 Å². The molecule has 0 atom stereocenters. The summed E-state index contributed by atoms with van der Waals surface area (Å²) in [4.78, 5) is 1.13. The summed E-state index contributed by atoms with van der Waals surface area (Å²) in [6, 6.07) is 8.70. The van der Waals surface area contributed by atoms with E-state index in [0.717, 1.165) is 11.0 Å². The molecule has 0 radical (unpaired) electrons. The third-order valence-corrected chi connectivity index (χ3v) is 3.62. The fourth-order valence-corrected chi connectivity index (χ4v) is 2.76. The predicted octanol–water partition coefficient (Wildman–Crippen LogP) is 4.06. The van der Waals surface area contributed by atoms with Crippen molar-refractivity contribution in [3.63, 3.8) is 0 Å². The number of halogens is 2. The first-order valence-corrected chi connectivity index (χ1v) is 7.34. The van der Waals surface area contributed by atoms with Crippen LogP contribution in [0, 0.1) is 11.6 Å².